The highest BCUT2D eigenvalue weighted by molar-refractivity contribution is 5.93. The summed E-state index contributed by atoms with van der Waals surface area (Å²) in [6, 6.07) is 21.3. The largest absolute Gasteiger partial charge is 0.484 e. The number of carbonyl (C=O) groups is 1. The lowest BCUT2D eigenvalue weighted by Crippen LogP contribution is -2.27. The summed E-state index contributed by atoms with van der Waals surface area (Å²) in [5, 5.41) is 12.4. The lowest BCUT2D eigenvalue weighted by Gasteiger charge is -2.13. The Bertz CT molecular complexity index is 1460. The molecular formula is C25H22N6O2. The minimum absolute atomic E-state index is 0.0294. The SMILES string of the molecule is CN(C)C(=O)COc1cccc(-c2nc(Nc3ccc4[nH]ncc4c3)c3ccccc3n2)c1. The van der Waals surface area contributed by atoms with Crippen LogP contribution in [0.25, 0.3) is 33.2 Å². The number of anilines is 2. The first kappa shape index (κ1) is 20.4. The fourth-order valence-corrected chi connectivity index (χ4v) is 3.46. The maximum Gasteiger partial charge on any atom is 0.259 e. The number of ether oxygens (including phenoxy) is 1. The molecule has 1 amide bonds. The highest BCUT2D eigenvalue weighted by atomic mass is 16.5. The van der Waals surface area contributed by atoms with Crippen LogP contribution in [0, 0.1) is 0 Å². The predicted molar refractivity (Wildman–Crippen MR) is 129 cm³/mol. The number of benzene rings is 3. The number of rotatable bonds is 6. The zero-order valence-corrected chi connectivity index (χ0v) is 18.2. The van der Waals surface area contributed by atoms with E-state index in [2.05, 4.69) is 15.5 Å². The van der Waals surface area contributed by atoms with Gasteiger partial charge in [-0.05, 0) is 42.5 Å². The number of nitrogens with one attached hydrogen (secondary N) is 2. The Kier molecular flexibility index (Phi) is 5.32. The Balaban J connectivity index is 1.50. The first-order valence-corrected chi connectivity index (χ1v) is 10.5. The van der Waals surface area contributed by atoms with Gasteiger partial charge in [-0.2, -0.15) is 5.10 Å². The number of aromatic amines is 1. The number of nitrogens with zero attached hydrogens (tertiary/aromatic N) is 4. The van der Waals surface area contributed by atoms with Crippen LogP contribution >= 0.6 is 0 Å². The monoisotopic (exact) mass is 438 g/mol. The van der Waals surface area contributed by atoms with Crippen molar-refractivity contribution in [1.29, 1.82) is 0 Å². The quantitative estimate of drug-likeness (QED) is 0.408. The molecule has 0 radical (unpaired) electrons. The molecule has 3 aromatic carbocycles. The van der Waals surface area contributed by atoms with Gasteiger partial charge in [0.05, 0.1) is 17.2 Å². The summed E-state index contributed by atoms with van der Waals surface area (Å²) >= 11 is 0. The second-order valence-corrected chi connectivity index (χ2v) is 7.81. The molecule has 2 heterocycles. The number of hydrogen-bond donors (Lipinski definition) is 2. The van der Waals surface area contributed by atoms with Gasteiger partial charge >= 0.3 is 0 Å². The first-order chi connectivity index (χ1) is 16.1. The zero-order valence-electron chi connectivity index (χ0n) is 18.2. The third-order valence-corrected chi connectivity index (χ3v) is 5.26. The van der Waals surface area contributed by atoms with Crippen molar-refractivity contribution < 1.29 is 9.53 Å². The van der Waals surface area contributed by atoms with E-state index >= 15 is 0 Å². The molecule has 33 heavy (non-hydrogen) atoms. The summed E-state index contributed by atoms with van der Waals surface area (Å²) in [5.41, 5.74) is 3.49. The highest BCUT2D eigenvalue weighted by Gasteiger charge is 2.12. The molecule has 0 aliphatic carbocycles. The lowest BCUT2D eigenvalue weighted by molar-refractivity contribution is -0.130. The average Bonchev–Trinajstić information content (AvgIpc) is 3.30. The van der Waals surface area contributed by atoms with Crippen LogP contribution in [-0.2, 0) is 4.79 Å². The van der Waals surface area contributed by atoms with Gasteiger partial charge in [-0.1, -0.05) is 24.3 Å². The Morgan fingerprint density at radius 2 is 1.91 bits per heavy atom. The topological polar surface area (TPSA) is 96.0 Å². The molecule has 0 atom stereocenters. The van der Waals surface area contributed by atoms with Crippen molar-refractivity contribution in [3.8, 4) is 17.1 Å². The number of carbonyl (C=O) groups excluding carboxylic acids is 1. The van der Waals surface area contributed by atoms with Crippen molar-refractivity contribution in [2.24, 2.45) is 0 Å². The molecule has 0 aliphatic rings. The third kappa shape index (κ3) is 4.31. The van der Waals surface area contributed by atoms with Crippen LogP contribution in [0.2, 0.25) is 0 Å². The third-order valence-electron chi connectivity index (χ3n) is 5.26. The van der Waals surface area contributed by atoms with Gasteiger partial charge in [-0.15, -0.1) is 0 Å². The number of fused-ring (bicyclic) bond motifs is 2. The Morgan fingerprint density at radius 3 is 2.79 bits per heavy atom. The predicted octanol–water partition coefficient (Wildman–Crippen LogP) is 4.38. The average molecular weight is 438 g/mol. The number of hydrogen-bond acceptors (Lipinski definition) is 6. The Labute approximate surface area is 190 Å². The molecule has 0 spiro atoms. The number of amides is 1. The van der Waals surface area contributed by atoms with E-state index in [0.29, 0.717) is 17.4 Å². The number of aromatic nitrogens is 4. The molecule has 5 rings (SSSR count). The molecule has 2 N–H and O–H groups in total. The standard InChI is InChI=1S/C25H22N6O2/c1-31(2)23(32)15-33-19-7-5-6-16(13-19)24-28-22-9-4-3-8-20(22)25(29-24)27-18-10-11-21-17(12-18)14-26-30-21/h3-14H,15H2,1-2H3,(H,26,30)(H,27,28,29). The summed E-state index contributed by atoms with van der Waals surface area (Å²) in [5.74, 6) is 1.74. The second kappa shape index (κ2) is 8.58. The summed E-state index contributed by atoms with van der Waals surface area (Å²) in [4.78, 5) is 22.9. The molecule has 8 nitrogen and oxygen atoms in total. The smallest absolute Gasteiger partial charge is 0.259 e. The number of H-pyrrole nitrogens is 1. The summed E-state index contributed by atoms with van der Waals surface area (Å²) in [7, 11) is 3.40. The number of likely N-dealkylation sites (N-methyl/N-ethyl adjacent to an activating group) is 1. The molecule has 0 fully saturated rings. The molecule has 8 heteroatoms. The van der Waals surface area contributed by atoms with Crippen molar-refractivity contribution in [3.63, 3.8) is 0 Å². The molecule has 5 aromatic rings. The van der Waals surface area contributed by atoms with E-state index in [1.807, 2.05) is 66.7 Å². The van der Waals surface area contributed by atoms with Crippen LogP contribution in [0.5, 0.6) is 5.75 Å². The first-order valence-electron chi connectivity index (χ1n) is 10.5. The van der Waals surface area contributed by atoms with Gasteiger partial charge < -0.3 is 15.0 Å². The zero-order chi connectivity index (χ0) is 22.8. The van der Waals surface area contributed by atoms with Gasteiger partial charge in [-0.25, -0.2) is 9.97 Å². The summed E-state index contributed by atoms with van der Waals surface area (Å²) < 4.78 is 5.67. The maximum atomic E-state index is 11.9. The van der Waals surface area contributed by atoms with E-state index in [0.717, 1.165) is 33.1 Å². The molecular weight excluding hydrogens is 416 g/mol. The van der Waals surface area contributed by atoms with Crippen LogP contribution < -0.4 is 10.1 Å². The van der Waals surface area contributed by atoms with Crippen molar-refractivity contribution >= 4 is 39.2 Å². The van der Waals surface area contributed by atoms with Crippen LogP contribution in [0.3, 0.4) is 0 Å². The van der Waals surface area contributed by atoms with E-state index < -0.39 is 0 Å². The van der Waals surface area contributed by atoms with Crippen molar-refractivity contribution in [2.45, 2.75) is 0 Å². The van der Waals surface area contributed by atoms with Crippen LogP contribution in [0.1, 0.15) is 0 Å². The molecule has 164 valence electrons. The van der Waals surface area contributed by atoms with E-state index in [4.69, 9.17) is 14.7 Å². The normalized spacial score (nSPS) is 11.0. The fourth-order valence-electron chi connectivity index (χ4n) is 3.46. The van der Waals surface area contributed by atoms with E-state index in [9.17, 15) is 4.79 Å². The van der Waals surface area contributed by atoms with Crippen LogP contribution in [0.15, 0.2) is 72.9 Å². The molecule has 0 aliphatic heterocycles. The van der Waals surface area contributed by atoms with E-state index in [1.165, 1.54) is 4.90 Å². The van der Waals surface area contributed by atoms with Gasteiger partial charge in [0, 0.05) is 36.1 Å². The van der Waals surface area contributed by atoms with Crippen molar-refractivity contribution in [3.05, 3.63) is 72.9 Å². The lowest BCUT2D eigenvalue weighted by atomic mass is 10.1. The van der Waals surface area contributed by atoms with Crippen LogP contribution in [-0.4, -0.2) is 51.7 Å². The highest BCUT2D eigenvalue weighted by Crippen LogP contribution is 2.29. The van der Waals surface area contributed by atoms with Gasteiger partial charge in [0.2, 0.25) is 0 Å². The molecule has 0 bridgehead atoms. The van der Waals surface area contributed by atoms with Gasteiger partial charge in [0.25, 0.3) is 5.91 Å². The summed E-state index contributed by atoms with van der Waals surface area (Å²) in [6.45, 7) is -0.0294. The van der Waals surface area contributed by atoms with Crippen LogP contribution in [0.4, 0.5) is 11.5 Å². The van der Waals surface area contributed by atoms with Gasteiger partial charge in [0.1, 0.15) is 11.6 Å². The Hall–Kier alpha value is -4.46. The molecule has 2 aromatic heterocycles. The van der Waals surface area contributed by atoms with Gasteiger partial charge in [-0.3, -0.25) is 9.89 Å². The molecule has 0 saturated heterocycles. The Morgan fingerprint density at radius 1 is 1.03 bits per heavy atom. The second-order valence-electron chi connectivity index (χ2n) is 7.81. The van der Waals surface area contributed by atoms with Crippen molar-refractivity contribution in [1.82, 2.24) is 25.1 Å². The minimum atomic E-state index is -0.108. The van der Waals surface area contributed by atoms with E-state index in [-0.39, 0.29) is 12.5 Å². The molecule has 0 unspecified atom stereocenters. The van der Waals surface area contributed by atoms with Crippen molar-refractivity contribution in [2.75, 3.05) is 26.0 Å². The van der Waals surface area contributed by atoms with E-state index in [1.54, 1.807) is 20.3 Å². The summed E-state index contributed by atoms with van der Waals surface area (Å²) in [6.07, 6.45) is 1.79. The van der Waals surface area contributed by atoms with Gasteiger partial charge in [0.15, 0.2) is 12.4 Å². The molecule has 0 saturated carbocycles. The minimum Gasteiger partial charge on any atom is -0.484 e. The fraction of sp³-hybridized carbons (Fsp3) is 0.120. The maximum absolute atomic E-state index is 11.9. The number of para-hydroxylation sites is 1.